The van der Waals surface area contributed by atoms with Gasteiger partial charge in [0, 0.05) is 12.1 Å². The molecule has 4 nitrogen and oxygen atoms in total. The number of rotatable bonds is 20. The van der Waals surface area contributed by atoms with Crippen molar-refractivity contribution < 1.29 is 18.7 Å². The molecule has 1 N–H and O–H groups in total. The molecule has 0 radical (unpaired) electrons. The molecular formula is C27H44FNO3. The molecule has 0 fully saturated rings. The Morgan fingerprint density at radius 1 is 0.812 bits per heavy atom. The Morgan fingerprint density at radius 3 is 1.84 bits per heavy atom. The van der Waals surface area contributed by atoms with Crippen LogP contribution in [0.5, 0.6) is 0 Å². The molecule has 32 heavy (non-hydrogen) atoms. The molecule has 0 unspecified atom stereocenters. The second-order valence-corrected chi connectivity index (χ2v) is 8.62. The van der Waals surface area contributed by atoms with Crippen molar-refractivity contribution in [2.45, 2.75) is 110 Å². The van der Waals surface area contributed by atoms with Crippen molar-refractivity contribution in [3.63, 3.8) is 0 Å². The van der Waals surface area contributed by atoms with Crippen molar-refractivity contribution in [2.75, 3.05) is 18.5 Å². The number of nitrogens with one attached hydrogen (secondary N) is 1. The number of carbonyl (C=O) groups is 2. The van der Waals surface area contributed by atoms with E-state index in [0.717, 1.165) is 12.8 Å². The van der Waals surface area contributed by atoms with Crippen molar-refractivity contribution in [1.82, 2.24) is 0 Å². The monoisotopic (exact) mass is 449 g/mol. The third-order valence-electron chi connectivity index (χ3n) is 5.75. The van der Waals surface area contributed by atoms with Crippen LogP contribution in [0, 0.1) is 5.82 Å². The van der Waals surface area contributed by atoms with Gasteiger partial charge in [0.05, 0.1) is 12.3 Å². The topological polar surface area (TPSA) is 55.4 Å². The van der Waals surface area contributed by atoms with Gasteiger partial charge >= 0.3 is 5.97 Å². The first-order chi connectivity index (χ1) is 15.6. The minimum absolute atomic E-state index is 0.192. The Bertz CT molecular complexity index is 648. The summed E-state index contributed by atoms with van der Waals surface area (Å²) in [7, 11) is 0. The maximum absolute atomic E-state index is 14.2. The quantitative estimate of drug-likeness (QED) is 0.0952. The van der Waals surface area contributed by atoms with Gasteiger partial charge in [-0.1, -0.05) is 90.4 Å². The largest absolute Gasteiger partial charge is 0.466 e. The molecule has 0 saturated carbocycles. The van der Waals surface area contributed by atoms with Crippen molar-refractivity contribution in [3.8, 4) is 0 Å². The number of hydrogen-bond donors (Lipinski definition) is 1. The van der Waals surface area contributed by atoms with E-state index in [2.05, 4.69) is 12.2 Å². The average molecular weight is 450 g/mol. The van der Waals surface area contributed by atoms with Crippen molar-refractivity contribution >= 4 is 17.4 Å². The Morgan fingerprint density at radius 2 is 1.34 bits per heavy atom. The minimum Gasteiger partial charge on any atom is -0.466 e. The van der Waals surface area contributed by atoms with E-state index in [9.17, 15) is 14.0 Å². The van der Waals surface area contributed by atoms with Crippen LogP contribution in [0.1, 0.15) is 121 Å². The summed E-state index contributed by atoms with van der Waals surface area (Å²) in [6.45, 7) is 4.88. The van der Waals surface area contributed by atoms with Crippen LogP contribution < -0.4 is 5.32 Å². The standard InChI is InChI=1S/C27H44FNO3/c1-3-5-6-7-8-9-10-11-12-13-14-15-16-17-20-29-25-19-18-23(21-24(25)28)26(30)22-27(31)32-4-2/h18-19,21,29H,3-17,20,22H2,1-2H3. The van der Waals surface area contributed by atoms with E-state index in [1.807, 2.05) is 0 Å². The van der Waals surface area contributed by atoms with Gasteiger partial charge in [-0.25, -0.2) is 4.39 Å². The first kappa shape index (κ1) is 28.1. The van der Waals surface area contributed by atoms with Gasteiger partial charge in [0.25, 0.3) is 0 Å². The molecule has 0 saturated heterocycles. The molecule has 1 aromatic carbocycles. The highest BCUT2D eigenvalue weighted by atomic mass is 19.1. The summed E-state index contributed by atoms with van der Waals surface area (Å²) in [6, 6.07) is 4.31. The highest BCUT2D eigenvalue weighted by molar-refractivity contribution is 6.06. The zero-order chi connectivity index (χ0) is 23.4. The van der Waals surface area contributed by atoms with E-state index in [-0.39, 0.29) is 18.6 Å². The normalized spacial score (nSPS) is 10.8. The predicted molar refractivity (Wildman–Crippen MR) is 131 cm³/mol. The average Bonchev–Trinajstić information content (AvgIpc) is 2.77. The minimum atomic E-state index is -0.585. The Hall–Kier alpha value is -1.91. The molecule has 0 atom stereocenters. The summed E-state index contributed by atoms with van der Waals surface area (Å²) in [5, 5.41) is 3.11. The van der Waals surface area contributed by atoms with Crippen molar-refractivity contribution in [2.24, 2.45) is 0 Å². The molecule has 0 spiro atoms. The number of Topliss-reactive ketones (excluding diaryl/α,β-unsaturated/α-hetero) is 1. The van der Waals surface area contributed by atoms with Crippen LogP contribution in [-0.4, -0.2) is 24.9 Å². The number of ether oxygens (including phenoxy) is 1. The van der Waals surface area contributed by atoms with Crippen LogP contribution in [0.25, 0.3) is 0 Å². The fourth-order valence-corrected chi connectivity index (χ4v) is 3.82. The highest BCUT2D eigenvalue weighted by Crippen LogP contribution is 2.18. The SMILES string of the molecule is CCCCCCCCCCCCCCCCNc1ccc(C(=O)CC(=O)OCC)cc1F. The lowest BCUT2D eigenvalue weighted by molar-refractivity contribution is -0.141. The van der Waals surface area contributed by atoms with Gasteiger partial charge in [0.2, 0.25) is 0 Å². The maximum atomic E-state index is 14.2. The van der Waals surface area contributed by atoms with Crippen LogP contribution in [0.3, 0.4) is 0 Å². The van der Waals surface area contributed by atoms with Gasteiger partial charge in [-0.2, -0.15) is 0 Å². The van der Waals surface area contributed by atoms with E-state index in [1.165, 1.54) is 83.1 Å². The van der Waals surface area contributed by atoms with E-state index >= 15 is 0 Å². The van der Waals surface area contributed by atoms with Crippen LogP contribution in [0.2, 0.25) is 0 Å². The summed E-state index contributed by atoms with van der Waals surface area (Å²) < 4.78 is 19.0. The molecule has 182 valence electrons. The molecule has 0 amide bonds. The maximum Gasteiger partial charge on any atom is 0.313 e. The zero-order valence-electron chi connectivity index (χ0n) is 20.4. The van der Waals surface area contributed by atoms with E-state index in [1.54, 1.807) is 19.1 Å². The molecule has 1 aromatic rings. The summed E-state index contributed by atoms with van der Waals surface area (Å²) in [5.41, 5.74) is 0.588. The zero-order valence-corrected chi connectivity index (χ0v) is 20.4. The van der Waals surface area contributed by atoms with Crippen LogP contribution >= 0.6 is 0 Å². The summed E-state index contributed by atoms with van der Waals surface area (Å²) in [4.78, 5) is 23.4. The lowest BCUT2D eigenvalue weighted by Crippen LogP contribution is -2.12. The van der Waals surface area contributed by atoms with Gasteiger partial charge in [-0.05, 0) is 31.5 Å². The first-order valence-electron chi connectivity index (χ1n) is 12.8. The molecule has 0 aliphatic rings. The van der Waals surface area contributed by atoms with Gasteiger partial charge in [-0.15, -0.1) is 0 Å². The lowest BCUT2D eigenvalue weighted by atomic mass is 10.0. The fraction of sp³-hybridized carbons (Fsp3) is 0.704. The molecule has 0 aliphatic heterocycles. The smallest absolute Gasteiger partial charge is 0.313 e. The number of unbranched alkanes of at least 4 members (excludes halogenated alkanes) is 13. The third-order valence-corrected chi connectivity index (χ3v) is 5.75. The van der Waals surface area contributed by atoms with Gasteiger partial charge in [0.15, 0.2) is 5.78 Å². The van der Waals surface area contributed by atoms with E-state index in [0.29, 0.717) is 12.2 Å². The van der Waals surface area contributed by atoms with Crippen LogP contribution in [-0.2, 0) is 9.53 Å². The van der Waals surface area contributed by atoms with Gasteiger partial charge in [-0.3, -0.25) is 9.59 Å². The number of esters is 1. The number of benzene rings is 1. The molecular weight excluding hydrogens is 405 g/mol. The number of hydrogen-bond acceptors (Lipinski definition) is 4. The molecule has 0 aliphatic carbocycles. The lowest BCUT2D eigenvalue weighted by Gasteiger charge is -2.09. The van der Waals surface area contributed by atoms with Crippen molar-refractivity contribution in [3.05, 3.63) is 29.6 Å². The molecule has 1 rings (SSSR count). The summed E-state index contributed by atoms with van der Waals surface area (Å²) >= 11 is 0. The Kier molecular flexibility index (Phi) is 16.4. The Labute approximate surface area is 194 Å². The summed E-state index contributed by atoms with van der Waals surface area (Å²) in [5.74, 6) is -1.48. The fourth-order valence-electron chi connectivity index (χ4n) is 3.82. The molecule has 5 heteroatoms. The van der Waals surface area contributed by atoms with Gasteiger partial charge < -0.3 is 10.1 Å². The van der Waals surface area contributed by atoms with E-state index < -0.39 is 17.6 Å². The number of anilines is 1. The van der Waals surface area contributed by atoms with Crippen LogP contribution in [0.15, 0.2) is 18.2 Å². The first-order valence-corrected chi connectivity index (χ1v) is 12.8. The number of ketones is 1. The summed E-state index contributed by atoms with van der Waals surface area (Å²) in [6.07, 6.45) is 18.0. The second-order valence-electron chi connectivity index (χ2n) is 8.62. The molecule has 0 heterocycles. The molecule has 0 bridgehead atoms. The third kappa shape index (κ3) is 13.5. The van der Waals surface area contributed by atoms with Crippen LogP contribution in [0.4, 0.5) is 10.1 Å². The molecule has 0 aromatic heterocycles. The predicted octanol–water partition coefficient (Wildman–Crippen LogP) is 7.85. The van der Waals surface area contributed by atoms with Crippen molar-refractivity contribution in [1.29, 1.82) is 0 Å². The highest BCUT2D eigenvalue weighted by Gasteiger charge is 2.14. The second kappa shape index (κ2) is 18.6. The van der Waals surface area contributed by atoms with E-state index in [4.69, 9.17) is 4.74 Å². The Balaban J connectivity index is 2.05. The number of halogens is 1. The van der Waals surface area contributed by atoms with Gasteiger partial charge in [0.1, 0.15) is 12.2 Å². The number of carbonyl (C=O) groups excluding carboxylic acids is 2.